The van der Waals surface area contributed by atoms with Gasteiger partial charge in [-0.2, -0.15) is 0 Å². The topological polar surface area (TPSA) is 63.2 Å². The van der Waals surface area contributed by atoms with Gasteiger partial charge in [-0.05, 0) is 24.0 Å². The zero-order valence-corrected chi connectivity index (χ0v) is 11.9. The van der Waals surface area contributed by atoms with Crippen molar-refractivity contribution in [3.05, 3.63) is 23.9 Å². The quantitative estimate of drug-likeness (QED) is 0.744. The number of carbonyl (C=O) groups excluding carboxylic acids is 1. The summed E-state index contributed by atoms with van der Waals surface area (Å²) in [7, 11) is 1.59. The highest BCUT2D eigenvalue weighted by Crippen LogP contribution is 2.07. The summed E-state index contributed by atoms with van der Waals surface area (Å²) in [5.74, 6) is 1.22. The molecule has 1 heterocycles. The molecule has 0 spiro atoms. The highest BCUT2D eigenvalue weighted by molar-refractivity contribution is 5.77. The first-order valence-corrected chi connectivity index (χ1v) is 6.58. The number of aromatic nitrogens is 1. The zero-order chi connectivity index (χ0) is 14.1. The minimum Gasteiger partial charge on any atom is -0.481 e. The van der Waals surface area contributed by atoms with Crippen LogP contribution in [0.5, 0.6) is 5.88 Å². The van der Waals surface area contributed by atoms with E-state index in [9.17, 15) is 4.79 Å². The molecule has 2 N–H and O–H groups in total. The third-order valence-corrected chi connectivity index (χ3v) is 2.67. The third-order valence-electron chi connectivity index (χ3n) is 2.67. The molecular weight excluding hydrogens is 242 g/mol. The van der Waals surface area contributed by atoms with Crippen LogP contribution >= 0.6 is 0 Å². The van der Waals surface area contributed by atoms with E-state index in [1.807, 2.05) is 12.1 Å². The first kappa shape index (κ1) is 15.4. The fourth-order valence-corrected chi connectivity index (χ4v) is 1.56. The second kappa shape index (κ2) is 8.48. The molecular formula is C14H23N3O2. The van der Waals surface area contributed by atoms with Crippen molar-refractivity contribution >= 4 is 5.91 Å². The van der Waals surface area contributed by atoms with Crippen molar-refractivity contribution in [2.75, 3.05) is 20.2 Å². The van der Waals surface area contributed by atoms with Crippen LogP contribution in [0.25, 0.3) is 0 Å². The van der Waals surface area contributed by atoms with Crippen molar-refractivity contribution in [3.8, 4) is 5.88 Å². The molecule has 1 amide bonds. The second-order valence-corrected chi connectivity index (χ2v) is 4.84. The molecule has 0 aliphatic carbocycles. The molecule has 106 valence electrons. The van der Waals surface area contributed by atoms with Gasteiger partial charge in [-0.1, -0.05) is 13.8 Å². The number of hydrogen-bond donors (Lipinski definition) is 2. The number of amides is 1. The van der Waals surface area contributed by atoms with Crippen LogP contribution in [0.2, 0.25) is 0 Å². The average molecular weight is 265 g/mol. The second-order valence-electron chi connectivity index (χ2n) is 4.84. The van der Waals surface area contributed by atoms with E-state index in [-0.39, 0.29) is 5.91 Å². The van der Waals surface area contributed by atoms with Crippen LogP contribution in [-0.4, -0.2) is 31.1 Å². The maximum absolute atomic E-state index is 11.5. The smallest absolute Gasteiger partial charge is 0.233 e. The lowest BCUT2D eigenvalue weighted by Crippen LogP contribution is -2.34. The molecule has 0 aliphatic heterocycles. The highest BCUT2D eigenvalue weighted by atomic mass is 16.5. The van der Waals surface area contributed by atoms with Crippen molar-refractivity contribution in [1.29, 1.82) is 0 Å². The Bertz CT molecular complexity index is 394. The van der Waals surface area contributed by atoms with Crippen molar-refractivity contribution in [3.63, 3.8) is 0 Å². The van der Waals surface area contributed by atoms with Crippen molar-refractivity contribution in [2.24, 2.45) is 5.92 Å². The van der Waals surface area contributed by atoms with Gasteiger partial charge in [0.2, 0.25) is 11.8 Å². The fourth-order valence-electron chi connectivity index (χ4n) is 1.56. The molecule has 5 heteroatoms. The Morgan fingerprint density at radius 2 is 2.26 bits per heavy atom. The van der Waals surface area contributed by atoms with Crippen LogP contribution in [0, 0.1) is 5.92 Å². The van der Waals surface area contributed by atoms with Crippen LogP contribution in [0.1, 0.15) is 25.8 Å². The largest absolute Gasteiger partial charge is 0.481 e. The summed E-state index contributed by atoms with van der Waals surface area (Å²) in [4.78, 5) is 15.6. The SMILES string of the molecule is COc1cc(CNCC(=O)NCCC(C)C)ccn1. The Hall–Kier alpha value is -1.62. The number of methoxy groups -OCH3 is 1. The molecule has 0 atom stereocenters. The molecule has 0 radical (unpaired) electrons. The van der Waals surface area contributed by atoms with Gasteiger partial charge in [0.25, 0.3) is 0 Å². The van der Waals surface area contributed by atoms with E-state index < -0.39 is 0 Å². The van der Waals surface area contributed by atoms with Crippen molar-refractivity contribution in [1.82, 2.24) is 15.6 Å². The number of nitrogens with one attached hydrogen (secondary N) is 2. The van der Waals surface area contributed by atoms with E-state index in [0.29, 0.717) is 24.9 Å². The Morgan fingerprint density at radius 1 is 1.47 bits per heavy atom. The Morgan fingerprint density at radius 3 is 2.95 bits per heavy atom. The summed E-state index contributed by atoms with van der Waals surface area (Å²) in [5, 5.41) is 5.98. The molecule has 1 rings (SSSR count). The summed E-state index contributed by atoms with van der Waals surface area (Å²) >= 11 is 0. The summed E-state index contributed by atoms with van der Waals surface area (Å²) < 4.78 is 5.04. The predicted octanol–water partition coefficient (Wildman–Crippen LogP) is 1.34. The van der Waals surface area contributed by atoms with E-state index in [4.69, 9.17) is 4.74 Å². The number of nitrogens with zero attached hydrogens (tertiary/aromatic N) is 1. The van der Waals surface area contributed by atoms with E-state index in [1.165, 1.54) is 0 Å². The summed E-state index contributed by atoms with van der Waals surface area (Å²) in [6.45, 7) is 5.96. The number of rotatable bonds is 8. The summed E-state index contributed by atoms with van der Waals surface area (Å²) in [6.07, 6.45) is 2.70. The molecule has 0 unspecified atom stereocenters. The number of carbonyl (C=O) groups is 1. The molecule has 19 heavy (non-hydrogen) atoms. The van der Waals surface area contributed by atoms with Gasteiger partial charge in [0.1, 0.15) is 0 Å². The van der Waals surface area contributed by atoms with Gasteiger partial charge >= 0.3 is 0 Å². The molecule has 5 nitrogen and oxygen atoms in total. The van der Waals surface area contributed by atoms with E-state index in [2.05, 4.69) is 29.5 Å². The Kier molecular flexibility index (Phi) is 6.89. The van der Waals surface area contributed by atoms with Gasteiger partial charge < -0.3 is 15.4 Å². The minimum atomic E-state index is 0.0293. The average Bonchev–Trinajstić information content (AvgIpc) is 2.38. The van der Waals surface area contributed by atoms with E-state index in [0.717, 1.165) is 18.5 Å². The normalized spacial score (nSPS) is 10.5. The number of ether oxygens (including phenoxy) is 1. The third kappa shape index (κ3) is 6.76. The van der Waals surface area contributed by atoms with Gasteiger partial charge in [0.15, 0.2) is 0 Å². The first-order chi connectivity index (χ1) is 9.11. The molecule has 0 fully saturated rings. The molecule has 0 saturated carbocycles. The lowest BCUT2D eigenvalue weighted by Gasteiger charge is -2.08. The van der Waals surface area contributed by atoms with Crippen molar-refractivity contribution in [2.45, 2.75) is 26.8 Å². The lowest BCUT2D eigenvalue weighted by molar-refractivity contribution is -0.120. The summed E-state index contributed by atoms with van der Waals surface area (Å²) in [5.41, 5.74) is 1.04. The van der Waals surface area contributed by atoms with Crippen LogP contribution in [0.15, 0.2) is 18.3 Å². The summed E-state index contributed by atoms with van der Waals surface area (Å²) in [6, 6.07) is 3.75. The van der Waals surface area contributed by atoms with Gasteiger partial charge in [-0.15, -0.1) is 0 Å². The van der Waals surface area contributed by atoms with Gasteiger partial charge in [-0.3, -0.25) is 4.79 Å². The highest BCUT2D eigenvalue weighted by Gasteiger charge is 2.02. The zero-order valence-electron chi connectivity index (χ0n) is 11.9. The Labute approximate surface area is 114 Å². The van der Waals surface area contributed by atoms with Crippen molar-refractivity contribution < 1.29 is 9.53 Å². The lowest BCUT2D eigenvalue weighted by atomic mass is 10.1. The fraction of sp³-hybridized carbons (Fsp3) is 0.571. The maximum Gasteiger partial charge on any atom is 0.233 e. The standard InChI is InChI=1S/C14H23N3O2/c1-11(2)4-6-16-13(18)10-15-9-12-5-7-17-14(8-12)19-3/h5,7-8,11,15H,4,6,9-10H2,1-3H3,(H,16,18). The number of pyridine rings is 1. The Balaban J connectivity index is 2.20. The molecule has 1 aromatic heterocycles. The number of hydrogen-bond acceptors (Lipinski definition) is 4. The van der Waals surface area contributed by atoms with E-state index in [1.54, 1.807) is 13.3 Å². The maximum atomic E-state index is 11.5. The van der Waals surface area contributed by atoms with E-state index >= 15 is 0 Å². The molecule has 0 aliphatic rings. The first-order valence-electron chi connectivity index (χ1n) is 6.58. The van der Waals surface area contributed by atoms with Crippen LogP contribution in [0.4, 0.5) is 0 Å². The monoisotopic (exact) mass is 265 g/mol. The predicted molar refractivity (Wildman–Crippen MR) is 75.0 cm³/mol. The van der Waals surface area contributed by atoms with Crippen LogP contribution in [0.3, 0.4) is 0 Å². The van der Waals surface area contributed by atoms with Gasteiger partial charge in [0.05, 0.1) is 13.7 Å². The molecule has 0 saturated heterocycles. The molecule has 0 bridgehead atoms. The molecule has 1 aromatic rings. The van der Waals surface area contributed by atoms with Gasteiger partial charge in [0, 0.05) is 25.4 Å². The van der Waals surface area contributed by atoms with Crippen LogP contribution in [-0.2, 0) is 11.3 Å². The van der Waals surface area contributed by atoms with Crippen LogP contribution < -0.4 is 15.4 Å². The molecule has 0 aromatic carbocycles. The van der Waals surface area contributed by atoms with Gasteiger partial charge in [-0.25, -0.2) is 4.98 Å². The minimum absolute atomic E-state index is 0.0293.